The largest absolute Gasteiger partial charge is 0.515 e. The minimum absolute atomic E-state index is 0.226. The van der Waals surface area contributed by atoms with Crippen LogP contribution in [0.25, 0.3) is 16.7 Å². The van der Waals surface area contributed by atoms with Crippen LogP contribution in [-0.4, -0.2) is 31.5 Å². The number of ether oxygens (including phenoxy) is 3. The Hall–Kier alpha value is -2.83. The molecule has 1 N–H and O–H groups in total. The molecule has 0 spiro atoms. The molecule has 0 fully saturated rings. The van der Waals surface area contributed by atoms with E-state index in [1.807, 2.05) is 63.2 Å². The molecule has 6 nitrogen and oxygen atoms in total. The lowest BCUT2D eigenvalue weighted by Gasteiger charge is -2.34. The Kier molecular flexibility index (Phi) is 7.82. The van der Waals surface area contributed by atoms with Gasteiger partial charge in [-0.3, -0.25) is 4.79 Å². The molecule has 0 saturated carbocycles. The molecule has 1 aliphatic heterocycles. The molecular weight excluding hydrogens is 442 g/mol. The first kappa shape index (κ1) is 24.8. The number of carbonyl (C=O) groups is 2. The number of halogens is 1. The van der Waals surface area contributed by atoms with Crippen molar-refractivity contribution >= 4 is 29.2 Å². The average molecular weight is 472 g/mol. The van der Waals surface area contributed by atoms with E-state index >= 15 is 0 Å². The van der Waals surface area contributed by atoms with Crippen molar-refractivity contribution in [3.63, 3.8) is 0 Å². The first-order valence-corrected chi connectivity index (χ1v) is 11.5. The van der Waals surface area contributed by atoms with Gasteiger partial charge in [-0.25, -0.2) is 4.79 Å². The molecule has 1 atom stereocenters. The Morgan fingerprint density at radius 3 is 2.48 bits per heavy atom. The van der Waals surface area contributed by atoms with E-state index in [9.17, 15) is 9.59 Å². The summed E-state index contributed by atoms with van der Waals surface area (Å²) in [6.45, 7) is 9.87. The Morgan fingerprint density at radius 1 is 1.15 bits per heavy atom. The summed E-state index contributed by atoms with van der Waals surface area (Å²) in [5.41, 5.74) is 2.99. The van der Waals surface area contributed by atoms with Crippen molar-refractivity contribution in [1.82, 2.24) is 5.32 Å². The standard InChI is InChI=1S/C26H30ClNO5/c1-6-17-13-19(18-11-9-8-10-12-18)14-20(27)21(17)22-23(26(4,5)15-28-24(22)29)33-25(30)32-16(3)31-7-2/h8-14,16H,6-7,15H2,1-5H3,(H,28,29). The minimum Gasteiger partial charge on any atom is -0.404 e. The maximum absolute atomic E-state index is 13.1. The van der Waals surface area contributed by atoms with Crippen molar-refractivity contribution in [2.45, 2.75) is 47.3 Å². The van der Waals surface area contributed by atoms with Gasteiger partial charge in [0, 0.05) is 29.2 Å². The third-order valence-electron chi connectivity index (χ3n) is 5.52. The molecule has 0 aliphatic carbocycles. The molecule has 2 aromatic carbocycles. The number of aryl methyl sites for hydroxylation is 1. The van der Waals surface area contributed by atoms with Gasteiger partial charge in [0.15, 0.2) is 0 Å². The predicted octanol–water partition coefficient (Wildman–Crippen LogP) is 5.97. The highest BCUT2D eigenvalue weighted by atomic mass is 35.5. The van der Waals surface area contributed by atoms with Crippen molar-refractivity contribution in [3.8, 4) is 11.1 Å². The Balaban J connectivity index is 2.13. The molecule has 1 aliphatic rings. The van der Waals surface area contributed by atoms with Crippen LogP contribution in [0.2, 0.25) is 5.02 Å². The van der Waals surface area contributed by atoms with Gasteiger partial charge < -0.3 is 19.5 Å². The van der Waals surface area contributed by atoms with Crippen molar-refractivity contribution in [2.24, 2.45) is 5.41 Å². The minimum atomic E-state index is -0.929. The summed E-state index contributed by atoms with van der Waals surface area (Å²) >= 11 is 6.78. The average Bonchev–Trinajstić information content (AvgIpc) is 2.77. The molecule has 2 aromatic rings. The summed E-state index contributed by atoms with van der Waals surface area (Å²) in [4.78, 5) is 25.6. The molecule has 7 heteroatoms. The van der Waals surface area contributed by atoms with E-state index < -0.39 is 17.9 Å². The van der Waals surface area contributed by atoms with Crippen molar-refractivity contribution in [1.29, 1.82) is 0 Å². The van der Waals surface area contributed by atoms with E-state index in [0.717, 1.165) is 16.7 Å². The molecular formula is C26H30ClNO5. The second kappa shape index (κ2) is 10.4. The highest BCUT2D eigenvalue weighted by molar-refractivity contribution is 6.35. The zero-order valence-electron chi connectivity index (χ0n) is 19.7. The van der Waals surface area contributed by atoms with E-state index in [2.05, 4.69) is 5.32 Å². The van der Waals surface area contributed by atoms with Gasteiger partial charge in [0.25, 0.3) is 5.91 Å². The number of benzene rings is 2. The third-order valence-corrected chi connectivity index (χ3v) is 5.82. The van der Waals surface area contributed by atoms with Gasteiger partial charge in [0.2, 0.25) is 6.29 Å². The maximum Gasteiger partial charge on any atom is 0.515 e. The number of amides is 1. The fourth-order valence-corrected chi connectivity index (χ4v) is 4.19. The zero-order chi connectivity index (χ0) is 24.2. The Labute approximate surface area is 199 Å². The molecule has 3 rings (SSSR count). The summed E-state index contributed by atoms with van der Waals surface area (Å²) in [7, 11) is 0. The zero-order valence-corrected chi connectivity index (χ0v) is 20.4. The second-order valence-electron chi connectivity index (χ2n) is 8.48. The van der Waals surface area contributed by atoms with Crippen molar-refractivity contribution in [2.75, 3.05) is 13.2 Å². The molecule has 0 aromatic heterocycles. The summed E-state index contributed by atoms with van der Waals surface area (Å²) in [5, 5.41) is 3.31. The highest BCUT2D eigenvalue weighted by Gasteiger charge is 2.40. The van der Waals surface area contributed by atoms with Crippen LogP contribution in [0.5, 0.6) is 0 Å². The monoisotopic (exact) mass is 471 g/mol. The van der Waals surface area contributed by atoms with Crippen LogP contribution in [0.1, 0.15) is 45.7 Å². The van der Waals surface area contributed by atoms with Gasteiger partial charge in [-0.15, -0.1) is 0 Å². The van der Waals surface area contributed by atoms with Gasteiger partial charge >= 0.3 is 6.16 Å². The van der Waals surface area contributed by atoms with Crippen LogP contribution in [-0.2, 0) is 25.4 Å². The fourth-order valence-electron chi connectivity index (χ4n) is 3.86. The van der Waals surface area contributed by atoms with E-state index in [0.29, 0.717) is 30.2 Å². The molecule has 0 bridgehead atoms. The predicted molar refractivity (Wildman–Crippen MR) is 129 cm³/mol. The van der Waals surface area contributed by atoms with Gasteiger partial charge in [-0.1, -0.05) is 68.8 Å². The second-order valence-corrected chi connectivity index (χ2v) is 8.88. The van der Waals surface area contributed by atoms with E-state index in [1.54, 1.807) is 13.8 Å². The van der Waals surface area contributed by atoms with Crippen molar-refractivity contribution < 1.29 is 23.8 Å². The molecule has 0 saturated heterocycles. The van der Waals surface area contributed by atoms with Gasteiger partial charge in [-0.2, -0.15) is 0 Å². The quantitative estimate of drug-likeness (QED) is 0.397. The first-order valence-electron chi connectivity index (χ1n) is 11.1. The number of nitrogens with one attached hydrogen (secondary N) is 1. The number of carbonyl (C=O) groups excluding carboxylic acids is 2. The lowest BCUT2D eigenvalue weighted by atomic mass is 9.81. The van der Waals surface area contributed by atoms with Crippen LogP contribution in [0.15, 0.2) is 48.2 Å². The first-order chi connectivity index (χ1) is 15.7. The SMILES string of the molecule is CCOC(C)OC(=O)OC1=C(c2c(Cl)cc(-c3ccccc3)cc2CC)C(=O)NCC1(C)C. The maximum atomic E-state index is 13.1. The summed E-state index contributed by atoms with van der Waals surface area (Å²) in [5.74, 6) is -0.122. The van der Waals surface area contributed by atoms with E-state index in [-0.39, 0.29) is 17.2 Å². The van der Waals surface area contributed by atoms with Crippen LogP contribution in [0.3, 0.4) is 0 Å². The number of hydrogen-bond donors (Lipinski definition) is 1. The third kappa shape index (κ3) is 5.57. The molecule has 176 valence electrons. The van der Waals surface area contributed by atoms with Crippen LogP contribution < -0.4 is 5.32 Å². The van der Waals surface area contributed by atoms with Gasteiger partial charge in [0.1, 0.15) is 5.76 Å². The molecule has 0 radical (unpaired) electrons. The van der Waals surface area contributed by atoms with Crippen LogP contribution >= 0.6 is 11.6 Å². The topological polar surface area (TPSA) is 73.9 Å². The van der Waals surface area contributed by atoms with Gasteiger partial charge in [-0.05, 0) is 43.0 Å². The summed E-state index contributed by atoms with van der Waals surface area (Å²) in [6, 6.07) is 13.7. The normalized spacial score (nSPS) is 16.2. The highest BCUT2D eigenvalue weighted by Crippen LogP contribution is 2.42. The van der Waals surface area contributed by atoms with E-state index in [4.69, 9.17) is 25.8 Å². The Bertz CT molecular complexity index is 1060. The van der Waals surface area contributed by atoms with Crippen molar-refractivity contribution in [3.05, 3.63) is 64.4 Å². The molecule has 1 unspecified atom stereocenters. The van der Waals surface area contributed by atoms with E-state index in [1.165, 1.54) is 0 Å². The van der Waals surface area contributed by atoms with Crippen LogP contribution in [0.4, 0.5) is 4.79 Å². The molecule has 33 heavy (non-hydrogen) atoms. The number of rotatable bonds is 7. The smallest absolute Gasteiger partial charge is 0.404 e. The fraction of sp³-hybridized carbons (Fsp3) is 0.385. The lowest BCUT2D eigenvalue weighted by Crippen LogP contribution is -2.43. The Morgan fingerprint density at radius 2 is 1.85 bits per heavy atom. The summed E-state index contributed by atoms with van der Waals surface area (Å²) in [6.07, 6.45) is -1.07. The summed E-state index contributed by atoms with van der Waals surface area (Å²) < 4.78 is 16.1. The lowest BCUT2D eigenvalue weighted by molar-refractivity contribution is -0.117. The molecule has 1 heterocycles. The van der Waals surface area contributed by atoms with Gasteiger partial charge in [0.05, 0.1) is 5.57 Å². The molecule has 1 amide bonds. The van der Waals surface area contributed by atoms with Crippen LogP contribution in [0, 0.1) is 5.41 Å². The number of hydrogen-bond acceptors (Lipinski definition) is 5.